The summed E-state index contributed by atoms with van der Waals surface area (Å²) in [5, 5.41) is 3.06. The predicted molar refractivity (Wildman–Crippen MR) is 78.1 cm³/mol. The summed E-state index contributed by atoms with van der Waals surface area (Å²) in [6, 6.07) is 0.217. The Kier molecular flexibility index (Phi) is 6.17. The van der Waals surface area contributed by atoms with Crippen LogP contribution in [0.4, 0.5) is 0 Å². The highest BCUT2D eigenvalue weighted by Gasteiger charge is 2.27. The summed E-state index contributed by atoms with van der Waals surface area (Å²) in [5.41, 5.74) is 0. The standard InChI is InChI=1S/C14H25NO3S/c1-14(2,3)19-9-12(16)15-11-7-5-10(6-8-11)13(17)18-4/h10-11H,5-9H2,1-4H3,(H,15,16). The van der Waals surface area contributed by atoms with E-state index >= 15 is 0 Å². The van der Waals surface area contributed by atoms with E-state index in [0.29, 0.717) is 5.75 Å². The van der Waals surface area contributed by atoms with Gasteiger partial charge in [-0.2, -0.15) is 0 Å². The van der Waals surface area contributed by atoms with Crippen molar-refractivity contribution >= 4 is 23.6 Å². The third-order valence-electron chi connectivity index (χ3n) is 3.26. The van der Waals surface area contributed by atoms with Gasteiger partial charge in [0.2, 0.25) is 5.91 Å². The molecule has 1 amide bonds. The number of carbonyl (C=O) groups is 2. The van der Waals surface area contributed by atoms with Crippen LogP contribution in [0.5, 0.6) is 0 Å². The molecular weight excluding hydrogens is 262 g/mol. The number of carbonyl (C=O) groups excluding carboxylic acids is 2. The number of nitrogens with one attached hydrogen (secondary N) is 1. The molecule has 0 aromatic heterocycles. The predicted octanol–water partition coefficient (Wildman–Crippen LogP) is 2.37. The second kappa shape index (κ2) is 7.17. The van der Waals surface area contributed by atoms with Gasteiger partial charge in [-0.3, -0.25) is 9.59 Å². The summed E-state index contributed by atoms with van der Waals surface area (Å²) < 4.78 is 4.86. The summed E-state index contributed by atoms with van der Waals surface area (Å²) in [7, 11) is 1.43. The third kappa shape index (κ3) is 6.32. The fourth-order valence-corrected chi connectivity index (χ4v) is 2.84. The average molecular weight is 287 g/mol. The number of methoxy groups -OCH3 is 1. The first kappa shape index (κ1) is 16.3. The van der Waals surface area contributed by atoms with Crippen molar-refractivity contribution in [3.05, 3.63) is 0 Å². The number of hydrogen-bond donors (Lipinski definition) is 1. The Bertz CT molecular complexity index is 317. The van der Waals surface area contributed by atoms with Crippen molar-refractivity contribution in [3.8, 4) is 0 Å². The summed E-state index contributed by atoms with van der Waals surface area (Å²) in [5.74, 6) is 0.497. The second-order valence-electron chi connectivity index (χ2n) is 6.04. The molecule has 1 fully saturated rings. The molecule has 0 aromatic rings. The largest absolute Gasteiger partial charge is 0.469 e. The van der Waals surface area contributed by atoms with Crippen molar-refractivity contribution in [1.82, 2.24) is 5.32 Å². The van der Waals surface area contributed by atoms with Crippen LogP contribution in [-0.2, 0) is 14.3 Å². The van der Waals surface area contributed by atoms with Gasteiger partial charge in [0.15, 0.2) is 0 Å². The lowest BCUT2D eigenvalue weighted by Gasteiger charge is -2.28. The number of thioether (sulfide) groups is 1. The van der Waals surface area contributed by atoms with Crippen molar-refractivity contribution in [2.45, 2.75) is 57.2 Å². The smallest absolute Gasteiger partial charge is 0.308 e. The van der Waals surface area contributed by atoms with Crippen LogP contribution in [0.1, 0.15) is 46.5 Å². The van der Waals surface area contributed by atoms with Gasteiger partial charge in [-0.15, -0.1) is 11.8 Å². The molecule has 0 bridgehead atoms. The molecule has 0 unspecified atom stereocenters. The van der Waals surface area contributed by atoms with Crippen LogP contribution in [-0.4, -0.2) is 35.5 Å². The Morgan fingerprint density at radius 1 is 1.21 bits per heavy atom. The van der Waals surface area contributed by atoms with Crippen molar-refractivity contribution in [1.29, 1.82) is 0 Å². The van der Waals surface area contributed by atoms with Crippen molar-refractivity contribution in [2.24, 2.45) is 5.92 Å². The molecule has 19 heavy (non-hydrogen) atoms. The van der Waals surface area contributed by atoms with Crippen LogP contribution in [0, 0.1) is 5.92 Å². The van der Waals surface area contributed by atoms with E-state index in [1.807, 2.05) is 0 Å². The molecule has 0 spiro atoms. The second-order valence-corrected chi connectivity index (χ2v) is 7.84. The molecule has 4 nitrogen and oxygen atoms in total. The highest BCUT2D eigenvalue weighted by Crippen LogP contribution is 2.26. The molecule has 1 saturated carbocycles. The maximum atomic E-state index is 11.8. The van der Waals surface area contributed by atoms with Gasteiger partial charge in [0.1, 0.15) is 0 Å². The first-order chi connectivity index (χ1) is 8.81. The number of hydrogen-bond acceptors (Lipinski definition) is 4. The Morgan fingerprint density at radius 2 is 1.79 bits per heavy atom. The highest BCUT2D eigenvalue weighted by molar-refractivity contribution is 8.01. The minimum Gasteiger partial charge on any atom is -0.469 e. The molecule has 0 aliphatic heterocycles. The van der Waals surface area contributed by atoms with Gasteiger partial charge in [0.25, 0.3) is 0 Å². The summed E-state index contributed by atoms with van der Waals surface area (Å²) in [6.07, 6.45) is 3.35. The minimum atomic E-state index is -0.118. The lowest BCUT2D eigenvalue weighted by atomic mass is 9.86. The maximum absolute atomic E-state index is 11.8. The maximum Gasteiger partial charge on any atom is 0.308 e. The zero-order valence-corrected chi connectivity index (χ0v) is 13.1. The van der Waals surface area contributed by atoms with Crippen LogP contribution in [0.25, 0.3) is 0 Å². The third-order valence-corrected chi connectivity index (χ3v) is 4.54. The number of amides is 1. The van der Waals surface area contributed by atoms with Gasteiger partial charge in [0, 0.05) is 10.8 Å². The molecule has 0 atom stereocenters. The molecule has 1 N–H and O–H groups in total. The van der Waals surface area contributed by atoms with Gasteiger partial charge in [-0.1, -0.05) is 20.8 Å². The van der Waals surface area contributed by atoms with E-state index in [2.05, 4.69) is 26.1 Å². The van der Waals surface area contributed by atoms with Crippen LogP contribution in [0.3, 0.4) is 0 Å². The number of esters is 1. The Labute approximate surface area is 120 Å². The molecule has 1 rings (SSSR count). The molecule has 0 radical (unpaired) electrons. The first-order valence-corrected chi connectivity index (χ1v) is 7.81. The summed E-state index contributed by atoms with van der Waals surface area (Å²) in [6.45, 7) is 6.31. The van der Waals surface area contributed by atoms with Crippen LogP contribution in [0.2, 0.25) is 0 Å². The van der Waals surface area contributed by atoms with E-state index in [1.165, 1.54) is 7.11 Å². The first-order valence-electron chi connectivity index (χ1n) is 6.83. The van der Waals surface area contributed by atoms with E-state index < -0.39 is 0 Å². The number of rotatable bonds is 4. The van der Waals surface area contributed by atoms with Gasteiger partial charge in [-0.25, -0.2) is 0 Å². The van der Waals surface area contributed by atoms with Gasteiger partial charge < -0.3 is 10.1 Å². The fourth-order valence-electron chi connectivity index (χ4n) is 2.19. The van der Waals surface area contributed by atoms with Crippen molar-refractivity contribution in [3.63, 3.8) is 0 Å². The van der Waals surface area contributed by atoms with Crippen LogP contribution < -0.4 is 5.32 Å². The SMILES string of the molecule is COC(=O)C1CCC(NC(=O)CSC(C)(C)C)CC1. The van der Waals surface area contributed by atoms with E-state index in [4.69, 9.17) is 4.74 Å². The topological polar surface area (TPSA) is 55.4 Å². The fraction of sp³-hybridized carbons (Fsp3) is 0.857. The monoisotopic (exact) mass is 287 g/mol. The molecule has 0 saturated heterocycles. The zero-order chi connectivity index (χ0) is 14.5. The van der Waals surface area contributed by atoms with Crippen molar-refractivity contribution in [2.75, 3.05) is 12.9 Å². The van der Waals surface area contributed by atoms with Gasteiger partial charge in [0.05, 0.1) is 18.8 Å². The van der Waals surface area contributed by atoms with E-state index in [0.717, 1.165) is 25.7 Å². The Hall–Kier alpha value is -0.710. The molecule has 5 heteroatoms. The van der Waals surface area contributed by atoms with Crippen molar-refractivity contribution < 1.29 is 14.3 Å². The van der Waals surface area contributed by atoms with Gasteiger partial charge in [-0.05, 0) is 25.7 Å². The lowest BCUT2D eigenvalue weighted by Crippen LogP contribution is -2.40. The highest BCUT2D eigenvalue weighted by atomic mass is 32.2. The van der Waals surface area contributed by atoms with E-state index in [1.54, 1.807) is 11.8 Å². The van der Waals surface area contributed by atoms with E-state index in [9.17, 15) is 9.59 Å². The summed E-state index contributed by atoms with van der Waals surface area (Å²) >= 11 is 1.65. The average Bonchev–Trinajstić information content (AvgIpc) is 2.35. The molecular formula is C14H25NO3S. The molecule has 1 aliphatic carbocycles. The Morgan fingerprint density at radius 3 is 2.26 bits per heavy atom. The van der Waals surface area contributed by atoms with Crippen LogP contribution >= 0.6 is 11.8 Å². The van der Waals surface area contributed by atoms with E-state index in [-0.39, 0.29) is 28.6 Å². The molecule has 0 heterocycles. The van der Waals surface area contributed by atoms with Gasteiger partial charge >= 0.3 is 5.97 Å². The molecule has 0 aromatic carbocycles. The lowest BCUT2D eigenvalue weighted by molar-refractivity contribution is -0.146. The molecule has 110 valence electrons. The van der Waals surface area contributed by atoms with Crippen LogP contribution in [0.15, 0.2) is 0 Å². The quantitative estimate of drug-likeness (QED) is 0.807. The normalized spacial score (nSPS) is 23.8. The summed E-state index contributed by atoms with van der Waals surface area (Å²) in [4.78, 5) is 23.2. The Balaban J connectivity index is 2.25. The minimum absolute atomic E-state index is 0.0158. The number of ether oxygens (including phenoxy) is 1. The molecule has 1 aliphatic rings. The zero-order valence-electron chi connectivity index (χ0n) is 12.3.